The van der Waals surface area contributed by atoms with Gasteiger partial charge in [-0.25, -0.2) is 12.8 Å². The largest absolute Gasteiger partial charge is 0.618 e. The van der Waals surface area contributed by atoms with Gasteiger partial charge in [0.15, 0.2) is 6.20 Å². The van der Waals surface area contributed by atoms with E-state index in [1.54, 1.807) is 6.07 Å². The monoisotopic (exact) mass is 281 g/mol. The Hall–Kier alpha value is -1.95. The molecule has 0 amide bonds. The Labute approximate surface area is 110 Å². The van der Waals surface area contributed by atoms with Gasteiger partial charge >= 0.3 is 5.03 Å². The Kier molecular flexibility index (Phi) is 3.80. The first kappa shape index (κ1) is 13.5. The summed E-state index contributed by atoms with van der Waals surface area (Å²) in [5.74, 6) is -0.749. The predicted molar refractivity (Wildman–Crippen MR) is 67.6 cm³/mol. The fourth-order valence-electron chi connectivity index (χ4n) is 1.70. The molecule has 0 aliphatic heterocycles. The number of hydrogen-bond acceptors (Lipinski definition) is 3. The van der Waals surface area contributed by atoms with Crippen LogP contribution in [0.1, 0.15) is 5.56 Å². The van der Waals surface area contributed by atoms with E-state index >= 15 is 0 Å². The highest BCUT2D eigenvalue weighted by Gasteiger charge is 2.23. The van der Waals surface area contributed by atoms with Gasteiger partial charge in [0, 0.05) is 12.1 Å². The topological polar surface area (TPSA) is 61.1 Å². The SMILES string of the molecule is O=S(=O)(CCc1ccccc1F)c1cccc[n+]1[O-]. The molecule has 19 heavy (non-hydrogen) atoms. The van der Waals surface area contributed by atoms with Crippen molar-refractivity contribution in [2.45, 2.75) is 11.4 Å². The van der Waals surface area contributed by atoms with E-state index in [4.69, 9.17) is 0 Å². The van der Waals surface area contributed by atoms with Crippen molar-refractivity contribution in [3.63, 3.8) is 0 Å². The van der Waals surface area contributed by atoms with Crippen LogP contribution in [-0.4, -0.2) is 14.2 Å². The third kappa shape index (κ3) is 3.08. The number of aryl methyl sites for hydroxylation is 1. The summed E-state index contributed by atoms with van der Waals surface area (Å²) in [5.41, 5.74) is 0.319. The quantitative estimate of drug-likeness (QED) is 0.630. The number of aromatic nitrogens is 1. The highest BCUT2D eigenvalue weighted by Crippen LogP contribution is 2.11. The van der Waals surface area contributed by atoms with Gasteiger partial charge < -0.3 is 5.21 Å². The molecule has 0 aliphatic carbocycles. The molecule has 1 heterocycles. The molecule has 0 saturated carbocycles. The Morgan fingerprint density at radius 3 is 2.47 bits per heavy atom. The maximum atomic E-state index is 13.4. The number of halogens is 1. The molecule has 1 aromatic carbocycles. The highest BCUT2D eigenvalue weighted by atomic mass is 32.2. The van der Waals surface area contributed by atoms with Gasteiger partial charge in [-0.05, 0) is 24.1 Å². The smallest absolute Gasteiger partial charge is 0.308 e. The van der Waals surface area contributed by atoms with E-state index in [0.29, 0.717) is 10.3 Å². The molecule has 0 aliphatic rings. The lowest BCUT2D eigenvalue weighted by Gasteiger charge is -2.06. The number of rotatable bonds is 4. The fraction of sp³-hybridized carbons (Fsp3) is 0.154. The zero-order valence-electron chi connectivity index (χ0n) is 9.99. The molecule has 0 saturated heterocycles. The highest BCUT2D eigenvalue weighted by molar-refractivity contribution is 7.91. The molecule has 0 spiro atoms. The van der Waals surface area contributed by atoms with Gasteiger partial charge in [0.2, 0.25) is 9.84 Å². The summed E-state index contributed by atoms with van der Waals surface area (Å²) in [7, 11) is -3.72. The molecule has 0 N–H and O–H groups in total. The van der Waals surface area contributed by atoms with Crippen LogP contribution in [0.4, 0.5) is 4.39 Å². The van der Waals surface area contributed by atoms with Crippen LogP contribution in [-0.2, 0) is 16.3 Å². The number of hydrogen-bond donors (Lipinski definition) is 0. The first-order valence-electron chi connectivity index (χ1n) is 5.65. The molecule has 0 bridgehead atoms. The second-order valence-corrected chi connectivity index (χ2v) is 6.08. The van der Waals surface area contributed by atoms with E-state index in [1.165, 1.54) is 36.4 Å². The maximum Gasteiger partial charge on any atom is 0.308 e. The van der Waals surface area contributed by atoms with Crippen molar-refractivity contribution in [2.24, 2.45) is 0 Å². The van der Waals surface area contributed by atoms with Crippen molar-refractivity contribution < 1.29 is 17.5 Å². The molecular weight excluding hydrogens is 269 g/mol. The summed E-state index contributed by atoms with van der Waals surface area (Å²) in [4.78, 5) is 0. The minimum absolute atomic E-state index is 0.0316. The Bertz CT molecular complexity index is 686. The predicted octanol–water partition coefficient (Wildman–Crippen LogP) is 1.48. The van der Waals surface area contributed by atoms with E-state index in [2.05, 4.69) is 0 Å². The third-order valence-electron chi connectivity index (χ3n) is 2.71. The van der Waals surface area contributed by atoms with Crippen LogP contribution < -0.4 is 4.73 Å². The molecule has 0 atom stereocenters. The van der Waals surface area contributed by atoms with Crippen LogP contribution in [0.15, 0.2) is 53.7 Å². The van der Waals surface area contributed by atoms with Crippen molar-refractivity contribution in [3.05, 3.63) is 65.2 Å². The van der Waals surface area contributed by atoms with Gasteiger partial charge in [-0.2, -0.15) is 4.73 Å². The van der Waals surface area contributed by atoms with E-state index in [1.807, 2.05) is 0 Å². The molecular formula is C13H12FNO3S. The minimum Gasteiger partial charge on any atom is -0.618 e. The lowest BCUT2D eigenvalue weighted by molar-refractivity contribution is -0.646. The standard InChI is InChI=1S/C13H12FNO3S/c14-12-6-2-1-5-11(12)8-10-19(17,18)13-7-3-4-9-15(13)16/h1-7,9H,8,10H2. The van der Waals surface area contributed by atoms with Crippen LogP contribution in [0.2, 0.25) is 0 Å². The van der Waals surface area contributed by atoms with Crippen LogP contribution in [0.25, 0.3) is 0 Å². The van der Waals surface area contributed by atoms with E-state index in [9.17, 15) is 18.0 Å². The van der Waals surface area contributed by atoms with E-state index in [0.717, 1.165) is 6.20 Å². The average molecular weight is 281 g/mol. The fourth-order valence-corrected chi connectivity index (χ4v) is 3.02. The van der Waals surface area contributed by atoms with E-state index < -0.39 is 15.7 Å². The molecule has 0 unspecified atom stereocenters. The van der Waals surface area contributed by atoms with Gasteiger partial charge in [-0.1, -0.05) is 18.2 Å². The number of pyridine rings is 1. The number of nitrogens with zero attached hydrogens (tertiary/aromatic N) is 1. The van der Waals surface area contributed by atoms with Crippen molar-refractivity contribution in [1.29, 1.82) is 0 Å². The van der Waals surface area contributed by atoms with Gasteiger partial charge in [0.05, 0.1) is 5.75 Å². The van der Waals surface area contributed by atoms with Crippen LogP contribution in [0.3, 0.4) is 0 Å². The summed E-state index contributed by atoms with van der Waals surface area (Å²) in [6, 6.07) is 10.1. The summed E-state index contributed by atoms with van der Waals surface area (Å²) < 4.78 is 37.7. The van der Waals surface area contributed by atoms with Crippen LogP contribution in [0, 0.1) is 11.0 Å². The Morgan fingerprint density at radius 2 is 1.79 bits per heavy atom. The summed E-state index contributed by atoms with van der Waals surface area (Å²) in [5, 5.41) is 11.1. The molecule has 6 heteroatoms. The molecule has 0 fully saturated rings. The van der Waals surface area contributed by atoms with Gasteiger partial charge in [-0.3, -0.25) is 0 Å². The Balaban J connectivity index is 2.20. The summed E-state index contributed by atoms with van der Waals surface area (Å²) in [6.45, 7) is 0. The van der Waals surface area contributed by atoms with Crippen LogP contribution >= 0.6 is 0 Å². The van der Waals surface area contributed by atoms with Crippen molar-refractivity contribution >= 4 is 9.84 Å². The lowest BCUT2D eigenvalue weighted by Crippen LogP contribution is -2.34. The molecule has 2 aromatic rings. The third-order valence-corrected chi connectivity index (χ3v) is 4.40. The average Bonchev–Trinajstić information content (AvgIpc) is 2.38. The second kappa shape index (κ2) is 5.36. The van der Waals surface area contributed by atoms with Crippen molar-refractivity contribution in [1.82, 2.24) is 0 Å². The molecule has 100 valence electrons. The second-order valence-electron chi connectivity index (χ2n) is 4.02. The lowest BCUT2D eigenvalue weighted by atomic mass is 10.2. The normalized spacial score (nSPS) is 11.4. The first-order chi connectivity index (χ1) is 9.00. The van der Waals surface area contributed by atoms with Gasteiger partial charge in [-0.15, -0.1) is 0 Å². The summed E-state index contributed by atoms with van der Waals surface area (Å²) >= 11 is 0. The van der Waals surface area contributed by atoms with E-state index in [-0.39, 0.29) is 17.2 Å². The Morgan fingerprint density at radius 1 is 1.11 bits per heavy atom. The maximum absolute atomic E-state index is 13.4. The molecule has 2 rings (SSSR count). The minimum atomic E-state index is -3.72. The van der Waals surface area contributed by atoms with Gasteiger partial charge in [0.25, 0.3) is 0 Å². The zero-order chi connectivity index (χ0) is 13.9. The first-order valence-corrected chi connectivity index (χ1v) is 7.30. The van der Waals surface area contributed by atoms with Gasteiger partial charge in [0.1, 0.15) is 5.82 Å². The van der Waals surface area contributed by atoms with Crippen molar-refractivity contribution in [3.8, 4) is 0 Å². The van der Waals surface area contributed by atoms with Crippen LogP contribution in [0.5, 0.6) is 0 Å². The molecule has 4 nitrogen and oxygen atoms in total. The van der Waals surface area contributed by atoms with Crippen molar-refractivity contribution in [2.75, 3.05) is 5.75 Å². The summed E-state index contributed by atoms with van der Waals surface area (Å²) in [6.07, 6.45) is 1.15. The number of sulfone groups is 1. The molecule has 0 radical (unpaired) electrons. The molecule has 1 aromatic heterocycles. The zero-order valence-corrected chi connectivity index (χ0v) is 10.8. The number of benzene rings is 1.